The fourth-order valence-corrected chi connectivity index (χ4v) is 7.32. The van der Waals surface area contributed by atoms with Crippen molar-refractivity contribution in [2.45, 2.75) is 0 Å². The van der Waals surface area contributed by atoms with Crippen molar-refractivity contribution in [3.05, 3.63) is 169 Å². The number of hydrogen-bond donors (Lipinski definition) is 0. The molecular weight excluding hydrogens is 585 g/mol. The Morgan fingerprint density at radius 2 is 0.917 bits per heavy atom. The predicted molar refractivity (Wildman–Crippen MR) is 195 cm³/mol. The second-order valence-electron chi connectivity index (χ2n) is 12.0. The first kappa shape index (κ1) is 27.4. The summed E-state index contributed by atoms with van der Waals surface area (Å²) in [6, 6.07) is 59.0. The van der Waals surface area contributed by atoms with E-state index in [0.29, 0.717) is 11.1 Å². The molecule has 48 heavy (non-hydrogen) atoms. The van der Waals surface area contributed by atoms with Gasteiger partial charge in [-0.1, -0.05) is 103 Å². The van der Waals surface area contributed by atoms with E-state index >= 15 is 0 Å². The molecule has 222 valence electrons. The van der Waals surface area contributed by atoms with Crippen molar-refractivity contribution in [3.63, 3.8) is 0 Å². The predicted octanol–water partition coefficient (Wildman–Crippen LogP) is 11.0. The molecule has 0 unspecified atom stereocenters. The van der Waals surface area contributed by atoms with Crippen LogP contribution in [0.3, 0.4) is 0 Å². The first-order valence-electron chi connectivity index (χ1n) is 15.9. The van der Waals surface area contributed by atoms with E-state index in [4.69, 9.17) is 0 Å². The Hall–Kier alpha value is -6.88. The molecule has 0 saturated heterocycles. The number of rotatable bonds is 4. The largest absolute Gasteiger partial charge is 0.309 e. The van der Waals surface area contributed by atoms with E-state index in [2.05, 4.69) is 124 Å². The van der Waals surface area contributed by atoms with Gasteiger partial charge in [-0.25, -0.2) is 0 Å². The van der Waals surface area contributed by atoms with Gasteiger partial charge in [-0.2, -0.15) is 10.5 Å². The molecule has 9 aromatic rings. The maximum Gasteiger partial charge on any atom is 0.0998 e. The standard InChI is InChI=1S/C44H26N4/c45-27-29-21-24-43-38(25-29)36-16-6-10-20-42(36)48(43)44-26-30(22-23-37(44)32-12-2-1-11-31(32)28-46)33-13-3-7-17-39(33)47-40-18-8-4-14-34(40)35-15-5-9-19-41(35)47/h1-26H. The Bertz CT molecular complexity index is 2760. The molecule has 0 saturated carbocycles. The molecule has 9 rings (SSSR count). The number of aromatic nitrogens is 2. The maximum atomic E-state index is 10.2. The fraction of sp³-hybridized carbons (Fsp3) is 0. The van der Waals surface area contributed by atoms with Crippen molar-refractivity contribution in [2.24, 2.45) is 0 Å². The summed E-state index contributed by atoms with van der Waals surface area (Å²) in [6.07, 6.45) is 0. The first-order chi connectivity index (χ1) is 23.7. The average molecular weight is 611 g/mol. The minimum Gasteiger partial charge on any atom is -0.309 e. The van der Waals surface area contributed by atoms with Gasteiger partial charge in [-0.15, -0.1) is 0 Å². The van der Waals surface area contributed by atoms with Crippen LogP contribution in [0, 0.1) is 22.7 Å². The van der Waals surface area contributed by atoms with E-state index in [-0.39, 0.29) is 0 Å². The third-order valence-corrected chi connectivity index (χ3v) is 9.41. The summed E-state index contributed by atoms with van der Waals surface area (Å²) in [4.78, 5) is 0. The van der Waals surface area contributed by atoms with Gasteiger partial charge in [0.25, 0.3) is 0 Å². The van der Waals surface area contributed by atoms with Crippen LogP contribution in [0.15, 0.2) is 158 Å². The van der Waals surface area contributed by atoms with Crippen molar-refractivity contribution in [1.29, 1.82) is 10.5 Å². The van der Waals surface area contributed by atoms with Gasteiger partial charge in [0.2, 0.25) is 0 Å². The molecule has 7 aromatic carbocycles. The minimum absolute atomic E-state index is 0.615. The third-order valence-electron chi connectivity index (χ3n) is 9.41. The minimum atomic E-state index is 0.615. The first-order valence-corrected chi connectivity index (χ1v) is 15.9. The number of hydrogen-bond acceptors (Lipinski definition) is 2. The molecule has 0 aliphatic heterocycles. The van der Waals surface area contributed by atoms with Gasteiger partial charge in [-0.3, -0.25) is 0 Å². The monoisotopic (exact) mass is 610 g/mol. The lowest BCUT2D eigenvalue weighted by Crippen LogP contribution is -2.01. The number of para-hydroxylation sites is 4. The number of nitrogens with zero attached hydrogens (tertiary/aromatic N) is 4. The molecule has 0 atom stereocenters. The van der Waals surface area contributed by atoms with Crippen LogP contribution in [0.4, 0.5) is 0 Å². The summed E-state index contributed by atoms with van der Waals surface area (Å²) < 4.78 is 4.64. The van der Waals surface area contributed by atoms with Gasteiger partial charge in [0.1, 0.15) is 0 Å². The summed E-state index contributed by atoms with van der Waals surface area (Å²) in [7, 11) is 0. The van der Waals surface area contributed by atoms with Crippen LogP contribution in [-0.4, -0.2) is 9.13 Å². The Morgan fingerprint density at radius 3 is 1.58 bits per heavy atom. The van der Waals surface area contributed by atoms with Crippen molar-refractivity contribution < 1.29 is 0 Å². The summed E-state index contributed by atoms with van der Waals surface area (Å²) >= 11 is 0. The highest BCUT2D eigenvalue weighted by atomic mass is 15.0. The van der Waals surface area contributed by atoms with Crippen LogP contribution in [0.2, 0.25) is 0 Å². The number of benzene rings is 7. The van der Waals surface area contributed by atoms with Gasteiger partial charge < -0.3 is 9.13 Å². The molecule has 0 radical (unpaired) electrons. The van der Waals surface area contributed by atoms with E-state index in [9.17, 15) is 10.5 Å². The van der Waals surface area contributed by atoms with Gasteiger partial charge in [0.15, 0.2) is 0 Å². The van der Waals surface area contributed by atoms with Crippen molar-refractivity contribution in [1.82, 2.24) is 9.13 Å². The summed E-state index contributed by atoms with van der Waals surface area (Å²) in [5, 5.41) is 24.4. The molecule has 0 aliphatic rings. The summed E-state index contributed by atoms with van der Waals surface area (Å²) in [5.41, 5.74) is 11.6. The lowest BCUT2D eigenvalue weighted by atomic mass is 9.94. The van der Waals surface area contributed by atoms with Crippen LogP contribution in [0.5, 0.6) is 0 Å². The van der Waals surface area contributed by atoms with Crippen molar-refractivity contribution in [2.75, 3.05) is 0 Å². The van der Waals surface area contributed by atoms with E-state index in [0.717, 1.165) is 66.5 Å². The van der Waals surface area contributed by atoms with Gasteiger partial charge in [-0.05, 0) is 60.2 Å². The summed E-state index contributed by atoms with van der Waals surface area (Å²) in [5.74, 6) is 0. The second-order valence-corrected chi connectivity index (χ2v) is 12.0. The Kier molecular flexibility index (Phi) is 6.22. The second kappa shape index (κ2) is 10.9. The zero-order valence-electron chi connectivity index (χ0n) is 25.8. The lowest BCUT2D eigenvalue weighted by Gasteiger charge is -2.19. The highest BCUT2D eigenvalue weighted by Gasteiger charge is 2.20. The van der Waals surface area contributed by atoms with Crippen molar-refractivity contribution in [3.8, 4) is 45.8 Å². The molecule has 0 aliphatic carbocycles. The quantitative estimate of drug-likeness (QED) is 0.199. The van der Waals surface area contributed by atoms with Gasteiger partial charge in [0, 0.05) is 38.2 Å². The van der Waals surface area contributed by atoms with Crippen LogP contribution in [0.25, 0.3) is 77.2 Å². The average Bonchev–Trinajstić information content (AvgIpc) is 3.67. The van der Waals surface area contributed by atoms with E-state index in [1.165, 1.54) is 10.8 Å². The number of nitriles is 2. The molecule has 0 bridgehead atoms. The molecule has 0 spiro atoms. The fourth-order valence-electron chi connectivity index (χ4n) is 7.32. The van der Waals surface area contributed by atoms with Crippen molar-refractivity contribution >= 4 is 43.6 Å². The molecule has 0 N–H and O–H groups in total. The zero-order valence-corrected chi connectivity index (χ0v) is 25.8. The smallest absolute Gasteiger partial charge is 0.0998 e. The molecule has 2 aromatic heterocycles. The topological polar surface area (TPSA) is 57.4 Å². The lowest BCUT2D eigenvalue weighted by molar-refractivity contribution is 1.17. The van der Waals surface area contributed by atoms with Crippen LogP contribution >= 0.6 is 0 Å². The number of fused-ring (bicyclic) bond motifs is 6. The van der Waals surface area contributed by atoms with Crippen LogP contribution < -0.4 is 0 Å². The molecule has 4 heteroatoms. The van der Waals surface area contributed by atoms with E-state index in [1.807, 2.05) is 54.6 Å². The molecular formula is C44H26N4. The van der Waals surface area contributed by atoms with Crippen LogP contribution in [-0.2, 0) is 0 Å². The van der Waals surface area contributed by atoms with Gasteiger partial charge >= 0.3 is 0 Å². The molecule has 0 fully saturated rings. The highest BCUT2D eigenvalue weighted by molar-refractivity contribution is 6.11. The molecule has 4 nitrogen and oxygen atoms in total. The normalized spacial score (nSPS) is 11.3. The maximum absolute atomic E-state index is 10.2. The summed E-state index contributed by atoms with van der Waals surface area (Å²) in [6.45, 7) is 0. The van der Waals surface area contributed by atoms with E-state index in [1.54, 1.807) is 0 Å². The Morgan fingerprint density at radius 1 is 0.375 bits per heavy atom. The molecule has 2 heterocycles. The van der Waals surface area contributed by atoms with E-state index < -0.39 is 0 Å². The molecule has 0 amide bonds. The Labute approximate surface area is 277 Å². The SMILES string of the molecule is N#Cc1ccc2c(c1)c1ccccc1n2-c1cc(-c2ccccc2-n2c3ccccc3c3ccccc32)ccc1-c1ccccc1C#N. The highest BCUT2D eigenvalue weighted by Crippen LogP contribution is 2.41. The Balaban J connectivity index is 1.37. The van der Waals surface area contributed by atoms with Gasteiger partial charge in [0.05, 0.1) is 56.7 Å². The zero-order chi connectivity index (χ0) is 32.2. The third kappa shape index (κ3) is 4.07. The van der Waals surface area contributed by atoms with Crippen LogP contribution in [0.1, 0.15) is 11.1 Å².